The molecule has 1 aromatic rings. The molecule has 78 valence electrons. The predicted molar refractivity (Wildman–Crippen MR) is 56.6 cm³/mol. The average Bonchev–Trinajstić information content (AvgIpc) is 2.75. The van der Waals surface area contributed by atoms with Crippen molar-refractivity contribution in [1.82, 2.24) is 0 Å². The van der Waals surface area contributed by atoms with E-state index in [1.165, 1.54) is 11.3 Å². The largest absolute Gasteiger partial charge is 0.343 e. The standard InChI is InChI=1S/C9H12ClNO2S/c10-8-2-1-7(14-8)9(3-4-11)12-5-6-13-9/h1-2H,3-6,11H2. The SMILES string of the molecule is NCCC1(c2ccc(Cl)s2)OCCO1. The summed E-state index contributed by atoms with van der Waals surface area (Å²) in [5.74, 6) is -0.632. The minimum Gasteiger partial charge on any atom is -0.343 e. The van der Waals surface area contributed by atoms with Crippen molar-refractivity contribution in [3.63, 3.8) is 0 Å². The van der Waals surface area contributed by atoms with Crippen LogP contribution in [0.3, 0.4) is 0 Å². The summed E-state index contributed by atoms with van der Waals surface area (Å²) in [4.78, 5) is 1.01. The van der Waals surface area contributed by atoms with E-state index in [-0.39, 0.29) is 0 Å². The number of halogens is 1. The molecule has 14 heavy (non-hydrogen) atoms. The highest BCUT2D eigenvalue weighted by molar-refractivity contribution is 7.16. The van der Waals surface area contributed by atoms with E-state index in [4.69, 9.17) is 26.8 Å². The van der Waals surface area contributed by atoms with E-state index in [9.17, 15) is 0 Å². The van der Waals surface area contributed by atoms with Crippen molar-refractivity contribution in [2.75, 3.05) is 19.8 Å². The number of ether oxygens (including phenoxy) is 2. The van der Waals surface area contributed by atoms with Crippen LogP contribution < -0.4 is 5.73 Å². The van der Waals surface area contributed by atoms with E-state index in [1.54, 1.807) is 0 Å². The summed E-state index contributed by atoms with van der Waals surface area (Å²) in [5.41, 5.74) is 5.55. The van der Waals surface area contributed by atoms with Crippen molar-refractivity contribution < 1.29 is 9.47 Å². The summed E-state index contributed by atoms with van der Waals surface area (Å²) in [6.45, 7) is 1.78. The summed E-state index contributed by atoms with van der Waals surface area (Å²) in [7, 11) is 0. The Labute approximate surface area is 91.8 Å². The summed E-state index contributed by atoms with van der Waals surface area (Å²) >= 11 is 7.36. The quantitative estimate of drug-likeness (QED) is 0.868. The Hall–Kier alpha value is -0.130. The Morgan fingerprint density at radius 1 is 1.43 bits per heavy atom. The molecule has 1 aromatic heterocycles. The van der Waals surface area contributed by atoms with Gasteiger partial charge in [0.1, 0.15) is 0 Å². The highest BCUT2D eigenvalue weighted by Gasteiger charge is 2.39. The van der Waals surface area contributed by atoms with E-state index >= 15 is 0 Å². The molecule has 0 atom stereocenters. The van der Waals surface area contributed by atoms with Gasteiger partial charge in [-0.25, -0.2) is 0 Å². The van der Waals surface area contributed by atoms with Crippen LogP contribution in [0.4, 0.5) is 0 Å². The molecule has 0 radical (unpaired) electrons. The van der Waals surface area contributed by atoms with Crippen molar-refractivity contribution in [3.8, 4) is 0 Å². The molecule has 2 rings (SSSR count). The molecular weight excluding hydrogens is 222 g/mol. The molecule has 1 aliphatic heterocycles. The summed E-state index contributed by atoms with van der Waals surface area (Å²) in [6, 6.07) is 3.79. The Kier molecular flexibility index (Phi) is 3.09. The van der Waals surface area contributed by atoms with E-state index in [1.807, 2.05) is 12.1 Å². The van der Waals surface area contributed by atoms with Crippen molar-refractivity contribution in [2.45, 2.75) is 12.2 Å². The van der Waals surface area contributed by atoms with Crippen LogP contribution in [-0.2, 0) is 15.3 Å². The normalized spacial score (nSPS) is 20.1. The first-order valence-electron chi connectivity index (χ1n) is 4.51. The van der Waals surface area contributed by atoms with Crippen LogP contribution in [0.2, 0.25) is 4.34 Å². The molecule has 0 spiro atoms. The van der Waals surface area contributed by atoms with E-state index < -0.39 is 5.79 Å². The third kappa shape index (κ3) is 1.81. The fourth-order valence-corrected chi connectivity index (χ4v) is 2.74. The van der Waals surface area contributed by atoms with Crippen molar-refractivity contribution >= 4 is 22.9 Å². The average molecular weight is 234 g/mol. The van der Waals surface area contributed by atoms with Crippen LogP contribution in [0.5, 0.6) is 0 Å². The summed E-state index contributed by atoms with van der Waals surface area (Å²) < 4.78 is 12.0. The van der Waals surface area contributed by atoms with Crippen LogP contribution in [0, 0.1) is 0 Å². The second-order valence-corrected chi connectivity index (χ2v) is 4.81. The molecule has 0 aliphatic carbocycles. The lowest BCUT2D eigenvalue weighted by molar-refractivity contribution is -0.166. The van der Waals surface area contributed by atoms with Gasteiger partial charge in [0.15, 0.2) is 0 Å². The number of rotatable bonds is 3. The lowest BCUT2D eigenvalue weighted by Gasteiger charge is -2.25. The number of nitrogens with two attached hydrogens (primary N) is 1. The zero-order valence-electron chi connectivity index (χ0n) is 7.66. The number of hydrogen-bond acceptors (Lipinski definition) is 4. The first-order valence-corrected chi connectivity index (χ1v) is 5.70. The highest BCUT2D eigenvalue weighted by Crippen LogP contribution is 2.39. The fraction of sp³-hybridized carbons (Fsp3) is 0.556. The Bertz CT molecular complexity index is 310. The zero-order valence-corrected chi connectivity index (χ0v) is 9.24. The van der Waals surface area contributed by atoms with Gasteiger partial charge in [-0.2, -0.15) is 0 Å². The fourth-order valence-electron chi connectivity index (χ4n) is 1.57. The van der Waals surface area contributed by atoms with Gasteiger partial charge in [0.2, 0.25) is 5.79 Å². The third-order valence-electron chi connectivity index (χ3n) is 2.18. The minimum absolute atomic E-state index is 0.537. The molecule has 0 aromatic carbocycles. The van der Waals surface area contributed by atoms with E-state index in [0.29, 0.717) is 26.2 Å². The predicted octanol–water partition coefficient (Wildman–Crippen LogP) is 1.95. The minimum atomic E-state index is -0.632. The van der Waals surface area contributed by atoms with Crippen LogP contribution in [0.1, 0.15) is 11.3 Å². The third-order valence-corrected chi connectivity index (χ3v) is 3.53. The molecule has 0 unspecified atom stereocenters. The summed E-state index contributed by atoms with van der Waals surface area (Å²) in [5, 5.41) is 0. The maximum absolute atomic E-state index is 5.88. The first kappa shape index (κ1) is 10.4. The van der Waals surface area contributed by atoms with Crippen molar-refractivity contribution in [1.29, 1.82) is 0 Å². The van der Waals surface area contributed by atoms with Crippen LogP contribution in [0.25, 0.3) is 0 Å². The lowest BCUT2D eigenvalue weighted by Crippen LogP contribution is -2.29. The van der Waals surface area contributed by atoms with Gasteiger partial charge in [-0.05, 0) is 18.7 Å². The van der Waals surface area contributed by atoms with Gasteiger partial charge in [-0.3, -0.25) is 0 Å². The first-order chi connectivity index (χ1) is 6.77. The zero-order chi connectivity index (χ0) is 10.0. The van der Waals surface area contributed by atoms with E-state index in [0.717, 1.165) is 9.21 Å². The lowest BCUT2D eigenvalue weighted by atomic mass is 10.1. The molecule has 0 amide bonds. The van der Waals surface area contributed by atoms with Gasteiger partial charge in [-0.1, -0.05) is 11.6 Å². The molecule has 5 heteroatoms. The monoisotopic (exact) mass is 233 g/mol. The van der Waals surface area contributed by atoms with Gasteiger partial charge in [0.25, 0.3) is 0 Å². The number of hydrogen-bond donors (Lipinski definition) is 1. The van der Waals surface area contributed by atoms with Crippen LogP contribution >= 0.6 is 22.9 Å². The molecule has 3 nitrogen and oxygen atoms in total. The molecule has 1 saturated heterocycles. The molecule has 0 bridgehead atoms. The molecule has 2 heterocycles. The van der Waals surface area contributed by atoms with Crippen LogP contribution in [0.15, 0.2) is 12.1 Å². The Balaban J connectivity index is 2.26. The Morgan fingerprint density at radius 2 is 2.14 bits per heavy atom. The molecule has 2 N–H and O–H groups in total. The van der Waals surface area contributed by atoms with Gasteiger partial charge in [0, 0.05) is 6.42 Å². The summed E-state index contributed by atoms with van der Waals surface area (Å²) in [6.07, 6.45) is 0.670. The molecular formula is C9H12ClNO2S. The Morgan fingerprint density at radius 3 is 2.64 bits per heavy atom. The van der Waals surface area contributed by atoms with Crippen molar-refractivity contribution in [3.05, 3.63) is 21.3 Å². The van der Waals surface area contributed by atoms with Crippen LogP contribution in [-0.4, -0.2) is 19.8 Å². The van der Waals surface area contributed by atoms with Gasteiger partial charge in [-0.15, -0.1) is 11.3 Å². The number of thiophene rings is 1. The maximum atomic E-state index is 5.88. The van der Waals surface area contributed by atoms with Crippen molar-refractivity contribution in [2.24, 2.45) is 5.73 Å². The molecule has 1 fully saturated rings. The highest BCUT2D eigenvalue weighted by atomic mass is 35.5. The topological polar surface area (TPSA) is 44.5 Å². The van der Waals surface area contributed by atoms with E-state index in [2.05, 4.69) is 0 Å². The molecule has 0 saturated carbocycles. The van der Waals surface area contributed by atoms with Gasteiger partial charge < -0.3 is 15.2 Å². The second-order valence-electron chi connectivity index (χ2n) is 3.09. The molecule has 1 aliphatic rings. The smallest absolute Gasteiger partial charge is 0.205 e. The second kappa shape index (κ2) is 4.16. The van der Waals surface area contributed by atoms with Gasteiger partial charge >= 0.3 is 0 Å². The van der Waals surface area contributed by atoms with Gasteiger partial charge in [0.05, 0.1) is 22.4 Å². The maximum Gasteiger partial charge on any atom is 0.205 e.